The van der Waals surface area contributed by atoms with E-state index >= 15 is 0 Å². The van der Waals surface area contributed by atoms with Crippen LogP contribution in [0.4, 0.5) is 0 Å². The van der Waals surface area contributed by atoms with Crippen molar-refractivity contribution in [2.45, 2.75) is 32.6 Å². The van der Waals surface area contributed by atoms with E-state index in [4.69, 9.17) is 5.11 Å². The number of Topliss-reactive ketones (excluding diaryl/α,β-unsaturated/α-hetero) is 1. The Bertz CT molecular complexity index is 373. The zero-order valence-corrected chi connectivity index (χ0v) is 12.1. The van der Waals surface area contributed by atoms with Crippen molar-refractivity contribution in [3.63, 3.8) is 0 Å². The fourth-order valence-corrected chi connectivity index (χ4v) is 2.01. The van der Waals surface area contributed by atoms with E-state index in [0.717, 1.165) is 37.8 Å². The third-order valence-electron chi connectivity index (χ3n) is 3.30. The first-order valence-corrected chi connectivity index (χ1v) is 7.09. The molecule has 0 unspecified atom stereocenters. The van der Waals surface area contributed by atoms with Gasteiger partial charge in [-0.25, -0.2) is 0 Å². The highest BCUT2D eigenvalue weighted by Gasteiger charge is 2.08. The van der Waals surface area contributed by atoms with Crippen molar-refractivity contribution in [3.05, 3.63) is 35.4 Å². The molecular weight excluding hydrogens is 238 g/mol. The molecule has 0 amide bonds. The molecule has 0 spiro atoms. The average molecular weight is 263 g/mol. The third kappa shape index (κ3) is 5.99. The van der Waals surface area contributed by atoms with Crippen molar-refractivity contribution >= 4 is 5.78 Å². The van der Waals surface area contributed by atoms with Gasteiger partial charge in [-0.2, -0.15) is 0 Å². The standard InChI is InChI=1S/C16H25NO2/c1-3-14-7-9-15(10-8-14)16(19)13-17(2)11-5-4-6-12-18/h7-10,18H,3-6,11-13H2,1-2H3. The highest BCUT2D eigenvalue weighted by Crippen LogP contribution is 2.07. The predicted molar refractivity (Wildman–Crippen MR) is 78.6 cm³/mol. The number of nitrogens with zero attached hydrogens (tertiary/aromatic N) is 1. The number of aliphatic hydroxyl groups excluding tert-OH is 1. The Morgan fingerprint density at radius 1 is 1.16 bits per heavy atom. The van der Waals surface area contributed by atoms with Crippen LogP contribution in [0.5, 0.6) is 0 Å². The normalized spacial score (nSPS) is 10.9. The molecule has 0 aliphatic heterocycles. The van der Waals surface area contributed by atoms with E-state index in [9.17, 15) is 4.79 Å². The Morgan fingerprint density at radius 2 is 1.84 bits per heavy atom. The molecule has 1 aromatic carbocycles. The molecule has 106 valence electrons. The zero-order valence-electron chi connectivity index (χ0n) is 12.1. The topological polar surface area (TPSA) is 40.5 Å². The maximum absolute atomic E-state index is 12.1. The monoisotopic (exact) mass is 263 g/mol. The number of hydrogen-bond acceptors (Lipinski definition) is 3. The van der Waals surface area contributed by atoms with Gasteiger partial charge in [0.15, 0.2) is 5.78 Å². The molecular formula is C16H25NO2. The molecule has 1 rings (SSSR count). The van der Waals surface area contributed by atoms with Gasteiger partial charge in [0.1, 0.15) is 0 Å². The van der Waals surface area contributed by atoms with Crippen LogP contribution in [-0.4, -0.2) is 42.5 Å². The summed E-state index contributed by atoms with van der Waals surface area (Å²) < 4.78 is 0. The average Bonchev–Trinajstić information content (AvgIpc) is 2.43. The fraction of sp³-hybridized carbons (Fsp3) is 0.562. The van der Waals surface area contributed by atoms with Gasteiger partial charge < -0.3 is 5.11 Å². The van der Waals surface area contributed by atoms with Crippen molar-refractivity contribution in [2.24, 2.45) is 0 Å². The van der Waals surface area contributed by atoms with Gasteiger partial charge in [-0.15, -0.1) is 0 Å². The van der Waals surface area contributed by atoms with Crippen LogP contribution in [0.2, 0.25) is 0 Å². The first-order valence-electron chi connectivity index (χ1n) is 7.09. The van der Waals surface area contributed by atoms with Crippen LogP contribution in [0.3, 0.4) is 0 Å². The smallest absolute Gasteiger partial charge is 0.176 e. The number of benzene rings is 1. The van der Waals surface area contributed by atoms with Crippen molar-refractivity contribution in [1.29, 1.82) is 0 Å². The molecule has 1 N–H and O–H groups in total. The summed E-state index contributed by atoms with van der Waals surface area (Å²) >= 11 is 0. The number of carbonyl (C=O) groups is 1. The number of rotatable bonds is 9. The van der Waals surface area contributed by atoms with Crippen LogP contribution < -0.4 is 0 Å². The molecule has 0 saturated heterocycles. The van der Waals surface area contributed by atoms with E-state index in [1.807, 2.05) is 36.2 Å². The first kappa shape index (κ1) is 15.9. The van der Waals surface area contributed by atoms with Crippen molar-refractivity contribution in [2.75, 3.05) is 26.7 Å². The second-order valence-corrected chi connectivity index (χ2v) is 5.00. The Morgan fingerprint density at radius 3 is 2.42 bits per heavy atom. The zero-order chi connectivity index (χ0) is 14.1. The Kier molecular flexibility index (Phi) is 7.38. The third-order valence-corrected chi connectivity index (χ3v) is 3.30. The van der Waals surface area contributed by atoms with E-state index in [2.05, 4.69) is 6.92 Å². The summed E-state index contributed by atoms with van der Waals surface area (Å²) in [5.74, 6) is 0.173. The Labute approximate surface area is 116 Å². The summed E-state index contributed by atoms with van der Waals surface area (Å²) in [6, 6.07) is 7.88. The summed E-state index contributed by atoms with van der Waals surface area (Å²) in [6.07, 6.45) is 3.89. The van der Waals surface area contributed by atoms with E-state index in [1.165, 1.54) is 5.56 Å². The van der Waals surface area contributed by atoms with E-state index in [-0.39, 0.29) is 12.4 Å². The molecule has 0 atom stereocenters. The second kappa shape index (κ2) is 8.83. The van der Waals surface area contributed by atoms with Gasteiger partial charge in [0.25, 0.3) is 0 Å². The van der Waals surface area contributed by atoms with Crippen LogP contribution in [0.25, 0.3) is 0 Å². The number of aryl methyl sites for hydroxylation is 1. The maximum Gasteiger partial charge on any atom is 0.176 e. The molecule has 0 aromatic heterocycles. The van der Waals surface area contributed by atoms with Gasteiger partial charge in [0, 0.05) is 12.2 Å². The maximum atomic E-state index is 12.1. The van der Waals surface area contributed by atoms with Gasteiger partial charge in [0.05, 0.1) is 6.54 Å². The SMILES string of the molecule is CCc1ccc(C(=O)CN(C)CCCCCO)cc1. The molecule has 3 heteroatoms. The Balaban J connectivity index is 2.36. The molecule has 0 fully saturated rings. The number of likely N-dealkylation sites (N-methyl/N-ethyl adjacent to an activating group) is 1. The fourth-order valence-electron chi connectivity index (χ4n) is 2.01. The summed E-state index contributed by atoms with van der Waals surface area (Å²) in [5, 5.41) is 8.70. The van der Waals surface area contributed by atoms with Gasteiger partial charge in [0.2, 0.25) is 0 Å². The van der Waals surface area contributed by atoms with Crippen molar-refractivity contribution in [3.8, 4) is 0 Å². The lowest BCUT2D eigenvalue weighted by atomic mass is 10.1. The Hall–Kier alpha value is -1.19. The molecule has 1 aromatic rings. The molecule has 0 saturated carbocycles. The largest absolute Gasteiger partial charge is 0.396 e. The van der Waals surface area contributed by atoms with Crippen LogP contribution in [-0.2, 0) is 6.42 Å². The first-order chi connectivity index (χ1) is 9.17. The van der Waals surface area contributed by atoms with E-state index < -0.39 is 0 Å². The van der Waals surface area contributed by atoms with Crippen LogP contribution >= 0.6 is 0 Å². The van der Waals surface area contributed by atoms with Crippen molar-refractivity contribution in [1.82, 2.24) is 4.90 Å². The molecule has 0 radical (unpaired) electrons. The van der Waals surface area contributed by atoms with E-state index in [1.54, 1.807) is 0 Å². The minimum absolute atomic E-state index is 0.173. The van der Waals surface area contributed by atoms with Crippen LogP contribution in [0, 0.1) is 0 Å². The molecule has 19 heavy (non-hydrogen) atoms. The minimum Gasteiger partial charge on any atom is -0.396 e. The van der Waals surface area contributed by atoms with E-state index in [0.29, 0.717) is 6.54 Å². The quantitative estimate of drug-likeness (QED) is 0.550. The predicted octanol–water partition coefficient (Wildman–Crippen LogP) is 2.53. The van der Waals surface area contributed by atoms with Gasteiger partial charge in [-0.3, -0.25) is 9.69 Å². The van der Waals surface area contributed by atoms with Gasteiger partial charge in [-0.1, -0.05) is 31.2 Å². The summed E-state index contributed by atoms with van der Waals surface area (Å²) in [6.45, 7) is 3.73. The summed E-state index contributed by atoms with van der Waals surface area (Å²) in [7, 11) is 1.97. The number of aliphatic hydroxyl groups is 1. The van der Waals surface area contributed by atoms with Crippen LogP contribution in [0.1, 0.15) is 42.1 Å². The molecule has 0 aliphatic rings. The molecule has 3 nitrogen and oxygen atoms in total. The molecule has 0 heterocycles. The van der Waals surface area contributed by atoms with Crippen LogP contribution in [0.15, 0.2) is 24.3 Å². The molecule has 0 bridgehead atoms. The number of unbranched alkanes of at least 4 members (excludes halogenated alkanes) is 2. The molecule has 0 aliphatic carbocycles. The van der Waals surface area contributed by atoms with Gasteiger partial charge in [-0.05, 0) is 44.8 Å². The van der Waals surface area contributed by atoms with Crippen molar-refractivity contribution < 1.29 is 9.90 Å². The number of hydrogen-bond donors (Lipinski definition) is 1. The number of carbonyl (C=O) groups excluding carboxylic acids is 1. The lowest BCUT2D eigenvalue weighted by Crippen LogP contribution is -2.27. The lowest BCUT2D eigenvalue weighted by Gasteiger charge is -2.15. The summed E-state index contributed by atoms with van der Waals surface area (Å²) in [5.41, 5.74) is 2.05. The highest BCUT2D eigenvalue weighted by atomic mass is 16.2. The van der Waals surface area contributed by atoms with Gasteiger partial charge >= 0.3 is 0 Å². The summed E-state index contributed by atoms with van der Waals surface area (Å²) in [4.78, 5) is 14.1. The highest BCUT2D eigenvalue weighted by molar-refractivity contribution is 5.97. The lowest BCUT2D eigenvalue weighted by molar-refractivity contribution is 0.0945. The second-order valence-electron chi connectivity index (χ2n) is 5.00. The minimum atomic E-state index is 0.173. The number of ketones is 1.